The maximum atomic E-state index is 3.67. The van der Waals surface area contributed by atoms with E-state index in [9.17, 15) is 0 Å². The zero-order valence-corrected chi connectivity index (χ0v) is 12.9. The van der Waals surface area contributed by atoms with Crippen molar-refractivity contribution in [2.45, 2.75) is 53.9 Å². The third-order valence-electron chi connectivity index (χ3n) is 4.85. The van der Waals surface area contributed by atoms with E-state index in [1.54, 1.807) is 5.56 Å². The Morgan fingerprint density at radius 3 is 2.58 bits per heavy atom. The first-order valence-corrected chi connectivity index (χ1v) is 7.47. The Bertz CT molecular complexity index is 625. The number of aryl methyl sites for hydroxylation is 3. The largest absolute Gasteiger partial charge is 0.358 e. The summed E-state index contributed by atoms with van der Waals surface area (Å²) < 4.78 is 0. The summed E-state index contributed by atoms with van der Waals surface area (Å²) in [5, 5.41) is 1.49. The van der Waals surface area contributed by atoms with Gasteiger partial charge in [0.2, 0.25) is 0 Å². The predicted molar refractivity (Wildman–Crippen MR) is 82.7 cm³/mol. The van der Waals surface area contributed by atoms with Crippen LogP contribution in [0.1, 0.15) is 49.6 Å². The minimum atomic E-state index is 0.417. The second-order valence-electron chi connectivity index (χ2n) is 7.39. The van der Waals surface area contributed by atoms with Crippen LogP contribution < -0.4 is 0 Å². The molecule has 102 valence electrons. The van der Waals surface area contributed by atoms with Crippen LogP contribution in [-0.2, 0) is 12.8 Å². The van der Waals surface area contributed by atoms with Gasteiger partial charge in [-0.15, -0.1) is 0 Å². The summed E-state index contributed by atoms with van der Waals surface area (Å²) >= 11 is 0. The van der Waals surface area contributed by atoms with E-state index in [0.29, 0.717) is 5.41 Å². The van der Waals surface area contributed by atoms with Crippen LogP contribution in [0, 0.1) is 25.2 Å². The number of hydrogen-bond acceptors (Lipinski definition) is 0. The molecule has 1 aromatic carbocycles. The van der Waals surface area contributed by atoms with E-state index in [0.717, 1.165) is 5.92 Å². The Morgan fingerprint density at radius 2 is 1.89 bits per heavy atom. The van der Waals surface area contributed by atoms with E-state index in [2.05, 4.69) is 51.7 Å². The van der Waals surface area contributed by atoms with Crippen molar-refractivity contribution in [2.75, 3.05) is 0 Å². The summed E-state index contributed by atoms with van der Waals surface area (Å²) in [5.74, 6) is 0.805. The van der Waals surface area contributed by atoms with Crippen molar-refractivity contribution >= 4 is 10.9 Å². The zero-order valence-electron chi connectivity index (χ0n) is 12.9. The summed E-state index contributed by atoms with van der Waals surface area (Å²) in [6.45, 7) is 11.6. The molecule has 0 fully saturated rings. The third kappa shape index (κ3) is 2.09. The average molecular weight is 255 g/mol. The Hall–Kier alpha value is -1.24. The molecular weight excluding hydrogens is 230 g/mol. The molecular formula is C18H25N. The maximum Gasteiger partial charge on any atom is 0.0464 e. The third-order valence-corrected chi connectivity index (χ3v) is 4.85. The van der Waals surface area contributed by atoms with Crippen molar-refractivity contribution in [3.8, 4) is 0 Å². The number of hydrogen-bond donors (Lipinski definition) is 1. The number of H-pyrrole nitrogens is 1. The topological polar surface area (TPSA) is 15.8 Å². The van der Waals surface area contributed by atoms with Crippen LogP contribution in [0.15, 0.2) is 12.1 Å². The summed E-state index contributed by atoms with van der Waals surface area (Å²) in [7, 11) is 0. The first-order valence-electron chi connectivity index (χ1n) is 7.47. The molecule has 0 aliphatic heterocycles. The van der Waals surface area contributed by atoms with Crippen LogP contribution >= 0.6 is 0 Å². The standard InChI is InChI=1S/C18H25N/c1-11-8-12(2)17-14-10-13(18(3,4)5)6-7-15(14)19-16(17)9-11/h8-9,13,19H,6-7,10H2,1-5H3. The number of rotatable bonds is 0. The van der Waals surface area contributed by atoms with Gasteiger partial charge in [0.15, 0.2) is 0 Å². The van der Waals surface area contributed by atoms with Gasteiger partial charge in [-0.1, -0.05) is 26.8 Å². The molecule has 1 N–H and O–H groups in total. The van der Waals surface area contributed by atoms with E-state index in [4.69, 9.17) is 0 Å². The van der Waals surface area contributed by atoms with E-state index in [1.807, 2.05) is 0 Å². The SMILES string of the molecule is Cc1cc(C)c2c3c([nH]c2c1)CCC(C(C)(C)C)C3. The predicted octanol–water partition coefficient (Wildman–Crippen LogP) is 4.94. The summed E-state index contributed by atoms with van der Waals surface area (Å²) in [6, 6.07) is 4.61. The highest BCUT2D eigenvalue weighted by atomic mass is 14.7. The lowest BCUT2D eigenvalue weighted by molar-refractivity contribution is 0.216. The fourth-order valence-corrected chi connectivity index (χ4v) is 3.70. The van der Waals surface area contributed by atoms with Crippen molar-refractivity contribution < 1.29 is 0 Å². The second-order valence-corrected chi connectivity index (χ2v) is 7.39. The lowest BCUT2D eigenvalue weighted by atomic mass is 9.71. The summed E-state index contributed by atoms with van der Waals surface area (Å²) in [4.78, 5) is 3.67. The monoisotopic (exact) mass is 255 g/mol. The van der Waals surface area contributed by atoms with Gasteiger partial charge in [-0.3, -0.25) is 0 Å². The first-order chi connectivity index (χ1) is 8.86. The van der Waals surface area contributed by atoms with Crippen LogP contribution in [0.25, 0.3) is 10.9 Å². The van der Waals surface area contributed by atoms with Crippen molar-refractivity contribution in [3.63, 3.8) is 0 Å². The fraction of sp³-hybridized carbons (Fsp3) is 0.556. The van der Waals surface area contributed by atoms with Gasteiger partial charge in [0.05, 0.1) is 0 Å². The minimum Gasteiger partial charge on any atom is -0.358 e. The van der Waals surface area contributed by atoms with Crippen LogP contribution in [0.3, 0.4) is 0 Å². The van der Waals surface area contributed by atoms with Crippen molar-refractivity contribution in [1.82, 2.24) is 4.98 Å². The molecule has 1 aromatic heterocycles. The first kappa shape index (κ1) is 12.8. The highest BCUT2D eigenvalue weighted by Gasteiger charge is 2.30. The van der Waals surface area contributed by atoms with E-state index in [-0.39, 0.29) is 0 Å². The fourth-order valence-electron chi connectivity index (χ4n) is 3.70. The number of aromatic nitrogens is 1. The highest BCUT2D eigenvalue weighted by Crippen LogP contribution is 2.40. The molecule has 0 saturated carbocycles. The van der Waals surface area contributed by atoms with Crippen LogP contribution in [0.2, 0.25) is 0 Å². The molecule has 1 heteroatoms. The Labute approximate surface area is 116 Å². The minimum absolute atomic E-state index is 0.417. The van der Waals surface area contributed by atoms with Crippen LogP contribution in [0.5, 0.6) is 0 Å². The van der Waals surface area contributed by atoms with Gasteiger partial charge in [0, 0.05) is 16.6 Å². The second kappa shape index (κ2) is 4.13. The number of aromatic amines is 1. The van der Waals surface area contributed by atoms with Gasteiger partial charge >= 0.3 is 0 Å². The molecule has 1 heterocycles. The van der Waals surface area contributed by atoms with E-state index in [1.165, 1.54) is 47.0 Å². The molecule has 1 nitrogen and oxygen atoms in total. The molecule has 0 radical (unpaired) electrons. The molecule has 1 unspecified atom stereocenters. The normalized spacial score (nSPS) is 19.7. The molecule has 3 rings (SSSR count). The van der Waals surface area contributed by atoms with Gasteiger partial charge in [-0.2, -0.15) is 0 Å². The number of fused-ring (bicyclic) bond motifs is 3. The van der Waals surface area contributed by atoms with Crippen molar-refractivity contribution in [3.05, 3.63) is 34.5 Å². The van der Waals surface area contributed by atoms with Crippen LogP contribution in [-0.4, -0.2) is 4.98 Å². The molecule has 1 aliphatic rings. The van der Waals surface area contributed by atoms with Gasteiger partial charge in [0.1, 0.15) is 0 Å². The lowest BCUT2D eigenvalue weighted by Crippen LogP contribution is -2.26. The van der Waals surface area contributed by atoms with Gasteiger partial charge in [0.25, 0.3) is 0 Å². The molecule has 0 saturated heterocycles. The molecule has 0 spiro atoms. The van der Waals surface area contributed by atoms with Gasteiger partial charge in [-0.25, -0.2) is 0 Å². The average Bonchev–Trinajstić information content (AvgIpc) is 2.64. The van der Waals surface area contributed by atoms with Crippen LogP contribution in [0.4, 0.5) is 0 Å². The quantitative estimate of drug-likeness (QED) is 0.686. The zero-order chi connectivity index (χ0) is 13.8. The summed E-state index contributed by atoms with van der Waals surface area (Å²) in [5.41, 5.74) is 7.64. The Morgan fingerprint density at radius 1 is 1.16 bits per heavy atom. The van der Waals surface area contributed by atoms with Crippen molar-refractivity contribution in [1.29, 1.82) is 0 Å². The van der Waals surface area contributed by atoms with E-state index < -0.39 is 0 Å². The van der Waals surface area contributed by atoms with Gasteiger partial charge < -0.3 is 4.98 Å². The molecule has 1 atom stereocenters. The number of nitrogens with one attached hydrogen (secondary N) is 1. The molecule has 2 aromatic rings. The van der Waals surface area contributed by atoms with Crippen molar-refractivity contribution in [2.24, 2.45) is 11.3 Å². The van der Waals surface area contributed by atoms with Gasteiger partial charge in [-0.05, 0) is 67.2 Å². The molecule has 1 aliphatic carbocycles. The molecule has 0 bridgehead atoms. The van der Waals surface area contributed by atoms with E-state index >= 15 is 0 Å². The summed E-state index contributed by atoms with van der Waals surface area (Å²) in [6.07, 6.45) is 3.77. The Balaban J connectivity index is 2.13. The maximum absolute atomic E-state index is 3.67. The number of benzene rings is 1. The molecule has 0 amide bonds. The molecule has 19 heavy (non-hydrogen) atoms. The lowest BCUT2D eigenvalue weighted by Gasteiger charge is -2.34. The Kier molecular flexibility index (Phi) is 2.78. The smallest absolute Gasteiger partial charge is 0.0464 e. The highest BCUT2D eigenvalue weighted by molar-refractivity contribution is 5.88.